The maximum Gasteiger partial charge on any atom is 0.201 e. The highest BCUT2D eigenvalue weighted by atomic mass is 19.2. The van der Waals surface area contributed by atoms with Crippen LogP contribution in [0, 0.1) is 11.6 Å². The lowest BCUT2D eigenvalue weighted by Crippen LogP contribution is -2.16. The molecule has 1 aromatic heterocycles. The van der Waals surface area contributed by atoms with E-state index < -0.39 is 11.6 Å². The molecule has 1 atom stereocenters. The molecule has 1 heterocycles. The van der Waals surface area contributed by atoms with E-state index >= 15 is 0 Å². The summed E-state index contributed by atoms with van der Waals surface area (Å²) < 4.78 is 33.2. The molecule has 0 aliphatic carbocycles. The number of nitrogens with zero attached hydrogens (tertiary/aromatic N) is 2. The minimum atomic E-state index is -0.924. The number of ether oxygens (including phenoxy) is 1. The number of nitrogens with two attached hydrogens (primary N) is 1. The Morgan fingerprint density at radius 2 is 2.06 bits per heavy atom. The van der Waals surface area contributed by atoms with Crippen LogP contribution in [0.3, 0.4) is 0 Å². The third-order valence-electron chi connectivity index (χ3n) is 2.95. The summed E-state index contributed by atoms with van der Waals surface area (Å²) in [4.78, 5) is 4.04. The molecule has 0 saturated carbocycles. The maximum atomic E-state index is 13.3. The minimum absolute atomic E-state index is 0.0511. The van der Waals surface area contributed by atoms with Gasteiger partial charge in [0, 0.05) is 19.2 Å². The van der Waals surface area contributed by atoms with Crippen LogP contribution in [0.25, 0.3) is 11.0 Å². The predicted octanol–water partition coefficient (Wildman–Crippen LogP) is 2.49. The van der Waals surface area contributed by atoms with Crippen molar-refractivity contribution in [3.63, 3.8) is 0 Å². The lowest BCUT2D eigenvalue weighted by molar-refractivity contribution is 0.155. The Balaban J connectivity index is 2.62. The number of rotatable bonds is 4. The molecule has 0 aliphatic heterocycles. The van der Waals surface area contributed by atoms with E-state index in [1.54, 1.807) is 11.7 Å². The molecular weight excluding hydrogens is 240 g/mol. The van der Waals surface area contributed by atoms with E-state index in [4.69, 9.17) is 10.5 Å². The van der Waals surface area contributed by atoms with Crippen molar-refractivity contribution in [3.8, 4) is 0 Å². The highest BCUT2D eigenvalue weighted by Crippen LogP contribution is 2.26. The predicted molar refractivity (Wildman–Crippen MR) is 65.3 cm³/mol. The monoisotopic (exact) mass is 255 g/mol. The summed E-state index contributed by atoms with van der Waals surface area (Å²) in [6.45, 7) is 2.40. The molecule has 1 unspecified atom stereocenters. The number of nitrogen functional groups attached to an aromatic ring is 1. The second-order valence-corrected chi connectivity index (χ2v) is 4.11. The number of fused-ring (bicyclic) bond motifs is 1. The van der Waals surface area contributed by atoms with Crippen LogP contribution in [0.1, 0.15) is 19.4 Å². The van der Waals surface area contributed by atoms with Gasteiger partial charge in [-0.3, -0.25) is 0 Å². The zero-order chi connectivity index (χ0) is 13.3. The summed E-state index contributed by atoms with van der Waals surface area (Å²) in [7, 11) is 1.58. The summed E-state index contributed by atoms with van der Waals surface area (Å²) in [6.07, 6.45) is 0.752. The fourth-order valence-corrected chi connectivity index (χ4v) is 2.06. The van der Waals surface area contributed by atoms with E-state index in [-0.39, 0.29) is 12.0 Å². The number of halogens is 2. The van der Waals surface area contributed by atoms with Gasteiger partial charge in [-0.05, 0) is 6.42 Å². The summed E-state index contributed by atoms with van der Waals surface area (Å²) in [6, 6.07) is 2.12. The lowest BCUT2D eigenvalue weighted by Gasteiger charge is -2.18. The Hall–Kier alpha value is -1.69. The number of methoxy groups -OCH3 is 1. The Morgan fingerprint density at radius 1 is 1.39 bits per heavy atom. The standard InChI is InChI=1S/C12H15F2N3O/c1-3-7(6-18-2)17-11-5-9(14)8(13)4-10(11)16-12(17)15/h4-5,7H,3,6H2,1-2H3,(H2,15,16). The summed E-state index contributed by atoms with van der Waals surface area (Å²) in [5.74, 6) is -1.60. The SMILES string of the molecule is CCC(COC)n1c(N)nc2cc(F)c(F)cc21. The number of benzene rings is 1. The van der Waals surface area contributed by atoms with E-state index in [1.165, 1.54) is 0 Å². The second-order valence-electron chi connectivity index (χ2n) is 4.11. The van der Waals surface area contributed by atoms with E-state index in [9.17, 15) is 8.78 Å². The molecule has 0 bridgehead atoms. The molecule has 98 valence electrons. The average molecular weight is 255 g/mol. The third-order valence-corrected chi connectivity index (χ3v) is 2.95. The van der Waals surface area contributed by atoms with E-state index in [0.29, 0.717) is 17.6 Å². The largest absolute Gasteiger partial charge is 0.383 e. The molecule has 0 saturated heterocycles. The first-order valence-corrected chi connectivity index (χ1v) is 5.69. The van der Waals surface area contributed by atoms with Gasteiger partial charge in [-0.15, -0.1) is 0 Å². The van der Waals surface area contributed by atoms with Gasteiger partial charge in [0.25, 0.3) is 0 Å². The van der Waals surface area contributed by atoms with Gasteiger partial charge in [0.2, 0.25) is 5.95 Å². The van der Waals surface area contributed by atoms with Crippen LogP contribution >= 0.6 is 0 Å². The van der Waals surface area contributed by atoms with Crippen molar-refractivity contribution in [2.75, 3.05) is 19.5 Å². The highest BCUT2D eigenvalue weighted by Gasteiger charge is 2.18. The van der Waals surface area contributed by atoms with E-state index in [2.05, 4.69) is 4.98 Å². The van der Waals surface area contributed by atoms with Crippen molar-refractivity contribution in [3.05, 3.63) is 23.8 Å². The Labute approximate surface area is 103 Å². The van der Waals surface area contributed by atoms with Crippen LogP contribution in [0.4, 0.5) is 14.7 Å². The van der Waals surface area contributed by atoms with Gasteiger partial charge in [-0.2, -0.15) is 0 Å². The zero-order valence-corrected chi connectivity index (χ0v) is 10.3. The third kappa shape index (κ3) is 2.03. The van der Waals surface area contributed by atoms with Gasteiger partial charge in [-0.1, -0.05) is 6.92 Å². The number of imidazole rings is 1. The topological polar surface area (TPSA) is 53.1 Å². The number of hydrogen-bond acceptors (Lipinski definition) is 3. The second kappa shape index (κ2) is 4.89. The molecular formula is C12H15F2N3O. The van der Waals surface area contributed by atoms with Crippen molar-refractivity contribution >= 4 is 17.0 Å². The smallest absolute Gasteiger partial charge is 0.201 e. The number of aromatic nitrogens is 2. The van der Waals surface area contributed by atoms with Crippen LogP contribution in [-0.4, -0.2) is 23.3 Å². The van der Waals surface area contributed by atoms with Crippen molar-refractivity contribution in [2.24, 2.45) is 0 Å². The lowest BCUT2D eigenvalue weighted by atomic mass is 10.2. The highest BCUT2D eigenvalue weighted by molar-refractivity contribution is 5.78. The Kier molecular flexibility index (Phi) is 3.47. The molecule has 0 amide bonds. The van der Waals surface area contributed by atoms with Crippen molar-refractivity contribution in [1.82, 2.24) is 9.55 Å². The van der Waals surface area contributed by atoms with Gasteiger partial charge in [-0.25, -0.2) is 13.8 Å². The van der Waals surface area contributed by atoms with Crippen LogP contribution in [0.2, 0.25) is 0 Å². The maximum absolute atomic E-state index is 13.3. The van der Waals surface area contributed by atoms with E-state index in [0.717, 1.165) is 18.6 Å². The van der Waals surface area contributed by atoms with Gasteiger partial charge in [0.1, 0.15) is 0 Å². The van der Waals surface area contributed by atoms with Crippen molar-refractivity contribution < 1.29 is 13.5 Å². The van der Waals surface area contributed by atoms with Crippen molar-refractivity contribution in [2.45, 2.75) is 19.4 Å². The molecule has 0 fully saturated rings. The number of anilines is 1. The van der Waals surface area contributed by atoms with Gasteiger partial charge in [0.05, 0.1) is 23.7 Å². The fraction of sp³-hybridized carbons (Fsp3) is 0.417. The first-order valence-electron chi connectivity index (χ1n) is 5.69. The Morgan fingerprint density at radius 3 is 2.67 bits per heavy atom. The van der Waals surface area contributed by atoms with Gasteiger partial charge in [0.15, 0.2) is 11.6 Å². The minimum Gasteiger partial charge on any atom is -0.383 e. The Bertz CT molecular complexity index is 568. The average Bonchev–Trinajstić information content (AvgIpc) is 2.63. The molecule has 0 spiro atoms. The molecule has 2 N–H and O–H groups in total. The molecule has 18 heavy (non-hydrogen) atoms. The molecule has 0 aliphatic rings. The van der Waals surface area contributed by atoms with Gasteiger partial charge >= 0.3 is 0 Å². The molecule has 2 aromatic rings. The number of hydrogen-bond donors (Lipinski definition) is 1. The van der Waals surface area contributed by atoms with Crippen LogP contribution in [-0.2, 0) is 4.74 Å². The molecule has 1 aromatic carbocycles. The molecule has 0 radical (unpaired) electrons. The molecule has 2 rings (SSSR count). The quantitative estimate of drug-likeness (QED) is 0.913. The van der Waals surface area contributed by atoms with Crippen LogP contribution in [0.15, 0.2) is 12.1 Å². The summed E-state index contributed by atoms with van der Waals surface area (Å²) >= 11 is 0. The van der Waals surface area contributed by atoms with Crippen molar-refractivity contribution in [1.29, 1.82) is 0 Å². The first kappa shape index (κ1) is 12.8. The molecule has 6 heteroatoms. The molecule has 4 nitrogen and oxygen atoms in total. The van der Waals surface area contributed by atoms with Gasteiger partial charge < -0.3 is 15.0 Å². The van der Waals surface area contributed by atoms with Crippen LogP contribution in [0.5, 0.6) is 0 Å². The first-order chi connectivity index (χ1) is 8.58. The zero-order valence-electron chi connectivity index (χ0n) is 10.3. The summed E-state index contributed by atoms with van der Waals surface area (Å²) in [5, 5.41) is 0. The van der Waals surface area contributed by atoms with E-state index in [1.807, 2.05) is 6.92 Å². The fourth-order valence-electron chi connectivity index (χ4n) is 2.06. The summed E-state index contributed by atoms with van der Waals surface area (Å²) in [5.41, 5.74) is 6.64. The van der Waals surface area contributed by atoms with Crippen LogP contribution < -0.4 is 5.73 Å². The normalized spacial score (nSPS) is 13.1.